The van der Waals surface area contributed by atoms with Gasteiger partial charge in [-0.25, -0.2) is 8.42 Å². The lowest BCUT2D eigenvalue weighted by atomic mass is 10.3. The van der Waals surface area contributed by atoms with Crippen molar-refractivity contribution >= 4 is 22.4 Å². The van der Waals surface area contributed by atoms with Crippen LogP contribution in [-0.4, -0.2) is 57.4 Å². The van der Waals surface area contributed by atoms with Crippen molar-refractivity contribution in [3.63, 3.8) is 0 Å². The summed E-state index contributed by atoms with van der Waals surface area (Å²) in [6, 6.07) is 0.0466. The molecule has 0 saturated carbocycles. The van der Waals surface area contributed by atoms with Crippen molar-refractivity contribution in [2.75, 3.05) is 38.6 Å². The monoisotopic (exact) mass is 272 g/mol. The van der Waals surface area contributed by atoms with Crippen molar-refractivity contribution in [2.24, 2.45) is 0 Å². The lowest BCUT2D eigenvalue weighted by Crippen LogP contribution is -2.53. The number of hydrogen-bond acceptors (Lipinski definition) is 4. The molecule has 7 heteroatoms. The number of nitrogens with zero attached hydrogens (tertiary/aromatic N) is 1. The van der Waals surface area contributed by atoms with Crippen LogP contribution in [0.5, 0.6) is 0 Å². The van der Waals surface area contributed by atoms with Gasteiger partial charge in [0.15, 0.2) is 0 Å². The van der Waals surface area contributed by atoms with E-state index < -0.39 is 10.0 Å². The molecule has 0 aliphatic carbocycles. The largest absolute Gasteiger partial charge is 0.381 e. The fraction of sp³-hybridized carbons (Fsp3) is 1.00. The molecule has 5 nitrogen and oxygen atoms in total. The molecule has 1 heterocycles. The standard InChI is InChI=1S/C9H20N2O3S.ClH/c1-3-14-6-7-15(12,13)11-5-4-10-8-9(11)2;/h9-10H,3-8H2,1-2H3;1H. The van der Waals surface area contributed by atoms with Crippen LogP contribution >= 0.6 is 12.4 Å². The van der Waals surface area contributed by atoms with E-state index in [1.165, 1.54) is 0 Å². The first-order valence-corrected chi connectivity index (χ1v) is 6.97. The smallest absolute Gasteiger partial charge is 0.216 e. The first-order chi connectivity index (χ1) is 7.08. The summed E-state index contributed by atoms with van der Waals surface area (Å²) in [5.74, 6) is 0.0885. The van der Waals surface area contributed by atoms with Crippen LogP contribution in [-0.2, 0) is 14.8 Å². The molecule has 1 rings (SSSR count). The van der Waals surface area contributed by atoms with Gasteiger partial charge in [-0.2, -0.15) is 4.31 Å². The Kier molecular flexibility index (Phi) is 7.50. The summed E-state index contributed by atoms with van der Waals surface area (Å²) in [7, 11) is -3.14. The number of hydrogen-bond donors (Lipinski definition) is 1. The van der Waals surface area contributed by atoms with Gasteiger partial charge in [-0.15, -0.1) is 12.4 Å². The quantitative estimate of drug-likeness (QED) is 0.720. The van der Waals surface area contributed by atoms with Crippen LogP contribution in [0, 0.1) is 0 Å². The highest BCUT2D eigenvalue weighted by molar-refractivity contribution is 7.89. The molecule has 1 N–H and O–H groups in total. The van der Waals surface area contributed by atoms with E-state index in [0.717, 1.165) is 13.1 Å². The molecule has 1 aliphatic rings. The lowest BCUT2D eigenvalue weighted by Gasteiger charge is -2.32. The minimum atomic E-state index is -3.14. The number of sulfonamides is 1. The fourth-order valence-corrected chi connectivity index (χ4v) is 3.22. The van der Waals surface area contributed by atoms with Gasteiger partial charge in [0.05, 0.1) is 12.4 Å². The average molecular weight is 273 g/mol. The zero-order valence-electron chi connectivity index (χ0n) is 9.81. The Morgan fingerprint density at radius 1 is 1.50 bits per heavy atom. The second-order valence-electron chi connectivity index (χ2n) is 3.68. The third kappa shape index (κ3) is 4.55. The molecule has 0 bridgehead atoms. The van der Waals surface area contributed by atoms with Gasteiger partial charge in [-0.1, -0.05) is 0 Å². The topological polar surface area (TPSA) is 58.6 Å². The van der Waals surface area contributed by atoms with Crippen molar-refractivity contribution < 1.29 is 13.2 Å². The lowest BCUT2D eigenvalue weighted by molar-refractivity contribution is 0.161. The van der Waals surface area contributed by atoms with Crippen LogP contribution in [0.15, 0.2) is 0 Å². The minimum absolute atomic E-state index is 0. The van der Waals surface area contributed by atoms with Gasteiger partial charge >= 0.3 is 0 Å². The normalized spacial score (nSPS) is 22.8. The molecule has 98 valence electrons. The Morgan fingerprint density at radius 3 is 2.75 bits per heavy atom. The van der Waals surface area contributed by atoms with E-state index in [2.05, 4.69) is 5.32 Å². The summed E-state index contributed by atoms with van der Waals surface area (Å²) in [6.07, 6.45) is 0. The van der Waals surface area contributed by atoms with Crippen molar-refractivity contribution in [3.8, 4) is 0 Å². The molecular formula is C9H21ClN2O3S. The van der Waals surface area contributed by atoms with Crippen LogP contribution in [0.3, 0.4) is 0 Å². The molecule has 0 amide bonds. The number of ether oxygens (including phenoxy) is 1. The van der Waals surface area contributed by atoms with Crippen molar-refractivity contribution in [1.29, 1.82) is 0 Å². The molecule has 0 aromatic rings. The highest BCUT2D eigenvalue weighted by atomic mass is 35.5. The summed E-state index contributed by atoms with van der Waals surface area (Å²) in [6.45, 7) is 6.66. The number of nitrogens with one attached hydrogen (secondary N) is 1. The molecule has 0 spiro atoms. The van der Waals surface area contributed by atoms with Crippen LogP contribution in [0.2, 0.25) is 0 Å². The van der Waals surface area contributed by atoms with Gasteiger partial charge in [0.1, 0.15) is 0 Å². The number of piperazine rings is 1. The maximum atomic E-state index is 11.9. The Morgan fingerprint density at radius 2 is 2.19 bits per heavy atom. The van der Waals surface area contributed by atoms with E-state index in [1.54, 1.807) is 4.31 Å². The Balaban J connectivity index is 0.00000225. The molecule has 1 aliphatic heterocycles. The molecule has 16 heavy (non-hydrogen) atoms. The molecule has 1 atom stereocenters. The van der Waals surface area contributed by atoms with Crippen LogP contribution in [0.1, 0.15) is 13.8 Å². The van der Waals surface area contributed by atoms with Gasteiger partial charge in [0.2, 0.25) is 10.0 Å². The SMILES string of the molecule is CCOCCS(=O)(=O)N1CCNCC1C.Cl. The number of rotatable bonds is 5. The summed E-state index contributed by atoms with van der Waals surface area (Å²) in [5, 5.41) is 3.17. The number of halogens is 1. The zero-order chi connectivity index (χ0) is 11.3. The van der Waals surface area contributed by atoms with Crippen molar-refractivity contribution in [3.05, 3.63) is 0 Å². The molecule has 0 radical (unpaired) electrons. The third-order valence-corrected chi connectivity index (χ3v) is 4.43. The second-order valence-corrected chi connectivity index (χ2v) is 5.72. The highest BCUT2D eigenvalue weighted by Gasteiger charge is 2.28. The van der Waals surface area contributed by atoms with Gasteiger partial charge < -0.3 is 10.1 Å². The molecule has 0 aromatic carbocycles. The van der Waals surface area contributed by atoms with Gasteiger partial charge in [0, 0.05) is 32.3 Å². The van der Waals surface area contributed by atoms with Gasteiger partial charge in [-0.3, -0.25) is 0 Å². The van der Waals surface area contributed by atoms with E-state index in [0.29, 0.717) is 13.2 Å². The van der Waals surface area contributed by atoms with Gasteiger partial charge in [-0.05, 0) is 13.8 Å². The summed E-state index contributed by atoms with van der Waals surface area (Å²) in [5.41, 5.74) is 0. The maximum Gasteiger partial charge on any atom is 0.216 e. The zero-order valence-corrected chi connectivity index (χ0v) is 11.4. The van der Waals surface area contributed by atoms with Crippen molar-refractivity contribution in [1.82, 2.24) is 9.62 Å². The molecule has 0 aromatic heterocycles. The van der Waals surface area contributed by atoms with E-state index in [1.807, 2.05) is 13.8 Å². The van der Waals surface area contributed by atoms with Crippen LogP contribution in [0.25, 0.3) is 0 Å². The molecule has 1 fully saturated rings. The van der Waals surface area contributed by atoms with Crippen LogP contribution < -0.4 is 5.32 Å². The van der Waals surface area contributed by atoms with E-state index in [9.17, 15) is 8.42 Å². The van der Waals surface area contributed by atoms with E-state index >= 15 is 0 Å². The second kappa shape index (κ2) is 7.45. The Labute approximate surface area is 104 Å². The molecular weight excluding hydrogens is 252 g/mol. The van der Waals surface area contributed by atoms with Crippen LogP contribution in [0.4, 0.5) is 0 Å². The minimum Gasteiger partial charge on any atom is -0.381 e. The van der Waals surface area contributed by atoms with E-state index in [4.69, 9.17) is 4.74 Å². The third-order valence-electron chi connectivity index (χ3n) is 2.49. The maximum absolute atomic E-state index is 11.9. The first kappa shape index (κ1) is 16.1. The first-order valence-electron chi connectivity index (χ1n) is 5.36. The average Bonchev–Trinajstić information content (AvgIpc) is 2.18. The Bertz CT molecular complexity index is 284. The Hall–Kier alpha value is 0.120. The molecule has 1 unspecified atom stereocenters. The van der Waals surface area contributed by atoms with Crippen molar-refractivity contribution in [2.45, 2.75) is 19.9 Å². The summed E-state index contributed by atoms with van der Waals surface area (Å²) in [4.78, 5) is 0. The van der Waals surface area contributed by atoms with E-state index in [-0.39, 0.29) is 30.8 Å². The molecule has 1 saturated heterocycles. The van der Waals surface area contributed by atoms with Gasteiger partial charge in [0.25, 0.3) is 0 Å². The highest BCUT2D eigenvalue weighted by Crippen LogP contribution is 2.09. The fourth-order valence-electron chi connectivity index (χ4n) is 1.66. The summed E-state index contributed by atoms with van der Waals surface area (Å²) < 4.78 is 30.4. The predicted octanol–water partition coefficient (Wildman–Crippen LogP) is 0.0682. The predicted molar refractivity (Wildman–Crippen MR) is 66.6 cm³/mol. The summed E-state index contributed by atoms with van der Waals surface area (Å²) >= 11 is 0.